The van der Waals surface area contributed by atoms with Crippen LogP contribution in [0.3, 0.4) is 0 Å². The first-order chi connectivity index (χ1) is 12.3. The zero-order chi connectivity index (χ0) is 19.3. The zero-order valence-corrected chi connectivity index (χ0v) is 16.4. The Morgan fingerprint density at radius 2 is 1.73 bits per heavy atom. The van der Waals surface area contributed by atoms with Gasteiger partial charge in [0.05, 0.1) is 23.4 Å². The van der Waals surface area contributed by atoms with Gasteiger partial charge in [-0.05, 0) is 44.4 Å². The van der Waals surface area contributed by atoms with E-state index in [0.717, 1.165) is 0 Å². The maximum atomic E-state index is 13.2. The molecular formula is C18H21ClN2O4S. The lowest BCUT2D eigenvalue weighted by atomic mass is 10.2. The Labute approximate surface area is 159 Å². The molecule has 6 nitrogen and oxygen atoms in total. The van der Waals surface area contributed by atoms with E-state index in [9.17, 15) is 13.2 Å². The molecule has 0 saturated heterocycles. The standard InChI is InChI=1S/C18H21ClN2O4S/c1-20(2)11-12-21(15-7-5-4-6-8-15)26(23,24)17-10-9-14(13-16(17)19)18(22)25-3/h4-10,13H,11-12H2,1-3H3. The van der Waals surface area contributed by atoms with Gasteiger partial charge in [0, 0.05) is 13.1 Å². The molecule has 0 aliphatic heterocycles. The number of anilines is 1. The van der Waals surface area contributed by atoms with Crippen LogP contribution < -0.4 is 4.31 Å². The summed E-state index contributed by atoms with van der Waals surface area (Å²) in [5, 5.41) is -0.0290. The minimum absolute atomic E-state index is 0.0290. The van der Waals surface area contributed by atoms with Crippen molar-refractivity contribution in [2.45, 2.75) is 4.90 Å². The summed E-state index contributed by atoms with van der Waals surface area (Å²) in [5.41, 5.74) is 0.735. The van der Waals surface area contributed by atoms with Crippen molar-refractivity contribution in [1.29, 1.82) is 0 Å². The van der Waals surface area contributed by atoms with Crippen molar-refractivity contribution < 1.29 is 17.9 Å². The van der Waals surface area contributed by atoms with Gasteiger partial charge in [0.2, 0.25) is 0 Å². The fourth-order valence-corrected chi connectivity index (χ4v) is 4.32. The summed E-state index contributed by atoms with van der Waals surface area (Å²) in [5.74, 6) is -0.580. The van der Waals surface area contributed by atoms with Crippen LogP contribution in [0.25, 0.3) is 0 Å². The van der Waals surface area contributed by atoms with E-state index in [0.29, 0.717) is 12.2 Å². The third kappa shape index (κ3) is 4.55. The lowest BCUT2D eigenvalue weighted by Crippen LogP contribution is -2.36. The number of methoxy groups -OCH3 is 1. The van der Waals surface area contributed by atoms with Crippen molar-refractivity contribution in [2.75, 3.05) is 38.6 Å². The summed E-state index contributed by atoms with van der Waals surface area (Å²) < 4.78 is 32.4. The maximum absolute atomic E-state index is 13.2. The summed E-state index contributed by atoms with van der Waals surface area (Å²) >= 11 is 6.19. The van der Waals surface area contributed by atoms with Gasteiger partial charge in [-0.25, -0.2) is 13.2 Å². The summed E-state index contributed by atoms with van der Waals surface area (Å²) in [6, 6.07) is 12.8. The number of rotatable bonds is 7. The van der Waals surface area contributed by atoms with Gasteiger partial charge in [0.1, 0.15) is 4.90 Å². The summed E-state index contributed by atoms with van der Waals surface area (Å²) in [7, 11) is 1.08. The summed E-state index contributed by atoms with van der Waals surface area (Å²) in [6.45, 7) is 0.792. The number of nitrogens with zero attached hydrogens (tertiary/aromatic N) is 2. The van der Waals surface area contributed by atoms with Crippen molar-refractivity contribution in [3.8, 4) is 0 Å². The number of carbonyl (C=O) groups is 1. The van der Waals surface area contributed by atoms with Crippen LogP contribution in [0.5, 0.6) is 0 Å². The molecule has 0 N–H and O–H groups in total. The van der Waals surface area contributed by atoms with E-state index >= 15 is 0 Å². The van der Waals surface area contributed by atoms with Crippen LogP contribution in [0, 0.1) is 0 Å². The van der Waals surface area contributed by atoms with Crippen molar-refractivity contribution >= 4 is 33.3 Å². The predicted octanol–water partition coefficient (Wildman–Crippen LogP) is 2.88. The van der Waals surface area contributed by atoms with Crippen molar-refractivity contribution in [3.05, 3.63) is 59.1 Å². The number of para-hydroxylation sites is 1. The first-order valence-electron chi connectivity index (χ1n) is 7.87. The molecule has 0 bridgehead atoms. The Kier molecular flexibility index (Phi) is 6.63. The molecule has 2 aromatic carbocycles. The van der Waals surface area contributed by atoms with E-state index in [2.05, 4.69) is 4.74 Å². The van der Waals surface area contributed by atoms with E-state index in [1.54, 1.807) is 24.3 Å². The molecule has 0 unspecified atom stereocenters. The normalized spacial score (nSPS) is 11.4. The SMILES string of the molecule is COC(=O)c1ccc(S(=O)(=O)N(CCN(C)C)c2ccccc2)c(Cl)c1. The smallest absolute Gasteiger partial charge is 0.337 e. The molecule has 0 radical (unpaired) electrons. The highest BCUT2D eigenvalue weighted by molar-refractivity contribution is 7.93. The number of ether oxygens (including phenoxy) is 1. The Balaban J connectivity index is 2.48. The Bertz CT molecular complexity index is 870. The van der Waals surface area contributed by atoms with E-state index < -0.39 is 16.0 Å². The molecule has 2 aromatic rings. The number of hydrogen-bond acceptors (Lipinski definition) is 5. The average molecular weight is 397 g/mol. The van der Waals surface area contributed by atoms with Gasteiger partial charge in [0.25, 0.3) is 10.0 Å². The van der Waals surface area contributed by atoms with Gasteiger partial charge >= 0.3 is 5.97 Å². The van der Waals surface area contributed by atoms with Gasteiger partial charge in [-0.2, -0.15) is 0 Å². The quantitative estimate of drug-likeness (QED) is 0.673. The van der Waals surface area contributed by atoms with Crippen LogP contribution in [0.4, 0.5) is 5.69 Å². The Morgan fingerprint density at radius 3 is 2.27 bits per heavy atom. The first-order valence-corrected chi connectivity index (χ1v) is 9.69. The highest BCUT2D eigenvalue weighted by atomic mass is 35.5. The third-order valence-corrected chi connectivity index (χ3v) is 6.03. The lowest BCUT2D eigenvalue weighted by molar-refractivity contribution is 0.0600. The van der Waals surface area contributed by atoms with E-state index in [1.807, 2.05) is 25.1 Å². The molecule has 0 aliphatic carbocycles. The van der Waals surface area contributed by atoms with Gasteiger partial charge < -0.3 is 9.64 Å². The molecule has 0 amide bonds. The van der Waals surface area contributed by atoms with E-state index in [-0.39, 0.29) is 22.0 Å². The summed E-state index contributed by atoms with van der Waals surface area (Å²) in [4.78, 5) is 13.4. The number of hydrogen-bond donors (Lipinski definition) is 0. The number of carbonyl (C=O) groups excluding carboxylic acids is 1. The highest BCUT2D eigenvalue weighted by Gasteiger charge is 2.27. The minimum Gasteiger partial charge on any atom is -0.465 e. The molecule has 140 valence electrons. The fraction of sp³-hybridized carbons (Fsp3) is 0.278. The molecule has 0 aromatic heterocycles. The van der Waals surface area contributed by atoms with E-state index in [4.69, 9.17) is 11.6 Å². The van der Waals surface area contributed by atoms with Gasteiger partial charge in [0.15, 0.2) is 0 Å². The number of esters is 1. The number of likely N-dealkylation sites (N-methyl/N-ethyl adjacent to an activating group) is 1. The van der Waals surface area contributed by atoms with Gasteiger partial charge in [-0.1, -0.05) is 29.8 Å². The highest BCUT2D eigenvalue weighted by Crippen LogP contribution is 2.29. The molecule has 8 heteroatoms. The topological polar surface area (TPSA) is 66.9 Å². The Morgan fingerprint density at radius 1 is 1.08 bits per heavy atom. The third-order valence-electron chi connectivity index (χ3n) is 3.72. The second kappa shape index (κ2) is 8.53. The molecule has 0 atom stereocenters. The minimum atomic E-state index is -3.91. The molecule has 0 spiro atoms. The monoisotopic (exact) mass is 396 g/mol. The molecule has 2 rings (SSSR count). The second-order valence-corrected chi connectivity index (χ2v) is 8.09. The fourth-order valence-electron chi connectivity index (χ4n) is 2.35. The maximum Gasteiger partial charge on any atom is 0.337 e. The van der Waals surface area contributed by atoms with Crippen LogP contribution in [0.1, 0.15) is 10.4 Å². The number of benzene rings is 2. The first kappa shape index (κ1) is 20.2. The van der Waals surface area contributed by atoms with Crippen LogP contribution in [-0.4, -0.2) is 53.6 Å². The lowest BCUT2D eigenvalue weighted by Gasteiger charge is -2.26. The van der Waals surface area contributed by atoms with Crippen LogP contribution in [0.15, 0.2) is 53.4 Å². The van der Waals surface area contributed by atoms with Crippen molar-refractivity contribution in [3.63, 3.8) is 0 Å². The molecule has 26 heavy (non-hydrogen) atoms. The van der Waals surface area contributed by atoms with Gasteiger partial charge in [-0.15, -0.1) is 0 Å². The summed E-state index contributed by atoms with van der Waals surface area (Å²) in [6.07, 6.45) is 0. The molecular weight excluding hydrogens is 376 g/mol. The van der Waals surface area contributed by atoms with Crippen molar-refractivity contribution in [1.82, 2.24) is 4.90 Å². The largest absolute Gasteiger partial charge is 0.465 e. The van der Waals surface area contributed by atoms with Gasteiger partial charge in [-0.3, -0.25) is 4.31 Å². The Hall–Kier alpha value is -2.09. The van der Waals surface area contributed by atoms with Crippen LogP contribution in [0.2, 0.25) is 5.02 Å². The average Bonchev–Trinajstić information content (AvgIpc) is 2.61. The van der Waals surface area contributed by atoms with Crippen LogP contribution >= 0.6 is 11.6 Å². The van der Waals surface area contributed by atoms with E-state index in [1.165, 1.54) is 29.6 Å². The zero-order valence-electron chi connectivity index (χ0n) is 14.8. The molecule has 0 fully saturated rings. The van der Waals surface area contributed by atoms with Crippen LogP contribution in [-0.2, 0) is 14.8 Å². The van der Waals surface area contributed by atoms with Crippen molar-refractivity contribution in [2.24, 2.45) is 0 Å². The molecule has 0 heterocycles. The number of sulfonamides is 1. The number of halogens is 1. The predicted molar refractivity (Wildman–Crippen MR) is 102 cm³/mol. The molecule has 0 saturated carbocycles. The molecule has 0 aliphatic rings. The second-order valence-electron chi connectivity index (χ2n) is 5.85.